The number of nitrogens with one attached hydrogen (secondary N) is 1. The molecule has 1 rings (SSSR count). The molecule has 0 heterocycles. The van der Waals surface area contributed by atoms with Crippen molar-refractivity contribution in [3.05, 3.63) is 30.3 Å². The number of benzene rings is 1. The first kappa shape index (κ1) is 28.1. The SMILES string of the molecule is CC(=O)OC[C@H](OC(C)=O)[C@@H](OC(C)=O)[C@H](OC(C)=O)[C@H](OC(C)=O)C(=O)Nc1ccccc1. The van der Waals surface area contributed by atoms with E-state index in [0.717, 1.165) is 34.6 Å². The van der Waals surface area contributed by atoms with Crippen LogP contribution in [0.1, 0.15) is 34.6 Å². The van der Waals surface area contributed by atoms with E-state index < -0.39 is 66.8 Å². The quantitative estimate of drug-likeness (QED) is 0.353. The molecule has 0 fully saturated rings. The monoisotopic (exact) mass is 481 g/mol. The van der Waals surface area contributed by atoms with Gasteiger partial charge in [0.05, 0.1) is 0 Å². The highest BCUT2D eigenvalue weighted by atomic mass is 16.6. The molecular weight excluding hydrogens is 454 g/mol. The Kier molecular flexibility index (Phi) is 11.2. The van der Waals surface area contributed by atoms with Crippen LogP contribution < -0.4 is 5.32 Å². The minimum atomic E-state index is -1.85. The molecule has 0 aliphatic rings. The molecule has 186 valence electrons. The summed E-state index contributed by atoms with van der Waals surface area (Å²) in [5.74, 6) is -5.29. The third kappa shape index (κ3) is 10.1. The normalized spacial score (nSPS) is 13.8. The van der Waals surface area contributed by atoms with Crippen molar-refractivity contribution in [3.8, 4) is 0 Å². The molecule has 0 aromatic heterocycles. The fourth-order valence-electron chi connectivity index (χ4n) is 2.83. The first-order valence-corrected chi connectivity index (χ1v) is 10.1. The van der Waals surface area contributed by atoms with Gasteiger partial charge in [0.1, 0.15) is 6.61 Å². The smallest absolute Gasteiger partial charge is 0.303 e. The Labute approximate surface area is 195 Å². The van der Waals surface area contributed by atoms with Gasteiger partial charge in [-0.25, -0.2) is 0 Å². The van der Waals surface area contributed by atoms with Gasteiger partial charge >= 0.3 is 29.8 Å². The van der Waals surface area contributed by atoms with Crippen molar-refractivity contribution in [1.29, 1.82) is 0 Å². The fraction of sp³-hybridized carbons (Fsp3) is 0.455. The molecule has 1 N–H and O–H groups in total. The zero-order chi connectivity index (χ0) is 25.8. The van der Waals surface area contributed by atoms with E-state index in [1.165, 1.54) is 0 Å². The van der Waals surface area contributed by atoms with Crippen molar-refractivity contribution in [2.75, 3.05) is 11.9 Å². The molecule has 1 aromatic rings. The van der Waals surface area contributed by atoms with E-state index in [4.69, 9.17) is 23.7 Å². The lowest BCUT2D eigenvalue weighted by molar-refractivity contribution is -0.202. The molecule has 0 aliphatic heterocycles. The van der Waals surface area contributed by atoms with Gasteiger partial charge in [0.15, 0.2) is 18.3 Å². The number of amides is 1. The molecule has 1 aromatic carbocycles. The number of para-hydroxylation sites is 1. The number of carbonyl (C=O) groups excluding carboxylic acids is 6. The van der Waals surface area contributed by atoms with Crippen LogP contribution in [0.4, 0.5) is 5.69 Å². The second kappa shape index (κ2) is 13.6. The minimum absolute atomic E-state index is 0.326. The van der Waals surface area contributed by atoms with Crippen molar-refractivity contribution < 1.29 is 52.5 Å². The summed E-state index contributed by atoms with van der Waals surface area (Å²) in [4.78, 5) is 71.6. The maximum atomic E-state index is 13.1. The van der Waals surface area contributed by atoms with Gasteiger partial charge in [-0.15, -0.1) is 0 Å². The highest BCUT2D eigenvalue weighted by molar-refractivity contribution is 5.96. The standard InChI is InChI=1S/C22H27NO11/c1-12(24)30-11-18(31-13(2)25)19(32-14(3)26)20(33-15(4)27)21(34-16(5)28)22(29)23-17-9-7-6-8-10-17/h6-10,18-21H,11H2,1-5H3,(H,23,29)/t18-,19+,20-,21-/m0/s1. The summed E-state index contributed by atoms with van der Waals surface area (Å²) in [6.07, 6.45) is -6.84. The van der Waals surface area contributed by atoms with Gasteiger partial charge < -0.3 is 29.0 Å². The Morgan fingerprint density at radius 1 is 0.676 bits per heavy atom. The lowest BCUT2D eigenvalue weighted by Crippen LogP contribution is -2.56. The van der Waals surface area contributed by atoms with Crippen LogP contribution in [0.2, 0.25) is 0 Å². The van der Waals surface area contributed by atoms with Crippen molar-refractivity contribution in [3.63, 3.8) is 0 Å². The average molecular weight is 481 g/mol. The average Bonchev–Trinajstić information content (AvgIpc) is 2.72. The summed E-state index contributed by atoms with van der Waals surface area (Å²) < 4.78 is 25.6. The minimum Gasteiger partial charge on any atom is -0.462 e. The molecule has 0 saturated heterocycles. The summed E-state index contributed by atoms with van der Waals surface area (Å²) >= 11 is 0. The topological polar surface area (TPSA) is 161 Å². The van der Waals surface area contributed by atoms with Crippen LogP contribution in [0.15, 0.2) is 30.3 Å². The van der Waals surface area contributed by atoms with E-state index in [9.17, 15) is 28.8 Å². The molecule has 0 saturated carbocycles. The van der Waals surface area contributed by atoms with Crippen molar-refractivity contribution in [2.24, 2.45) is 0 Å². The third-order valence-electron chi connectivity index (χ3n) is 3.95. The maximum Gasteiger partial charge on any atom is 0.303 e. The van der Waals surface area contributed by atoms with Gasteiger partial charge in [0.2, 0.25) is 6.10 Å². The Morgan fingerprint density at radius 3 is 1.65 bits per heavy atom. The van der Waals surface area contributed by atoms with Crippen molar-refractivity contribution >= 4 is 41.4 Å². The van der Waals surface area contributed by atoms with Gasteiger partial charge in [-0.2, -0.15) is 0 Å². The summed E-state index contributed by atoms with van der Waals surface area (Å²) in [5.41, 5.74) is 0.326. The molecule has 4 atom stereocenters. The first-order chi connectivity index (χ1) is 15.9. The summed E-state index contributed by atoms with van der Waals surface area (Å²) in [6, 6.07) is 8.08. The lowest BCUT2D eigenvalue weighted by atomic mass is 10.0. The van der Waals surface area contributed by atoms with Gasteiger partial charge in [0.25, 0.3) is 5.91 Å². The Hall–Kier alpha value is -3.96. The number of rotatable bonds is 11. The molecule has 1 amide bonds. The van der Waals surface area contributed by atoms with E-state index in [2.05, 4.69) is 5.32 Å². The number of ether oxygens (including phenoxy) is 5. The summed E-state index contributed by atoms with van der Waals surface area (Å²) in [6.45, 7) is 4.54. The van der Waals surface area contributed by atoms with Gasteiger partial charge in [-0.05, 0) is 12.1 Å². The molecule has 0 radical (unpaired) electrons. The second-order valence-electron chi connectivity index (χ2n) is 6.98. The predicted octanol–water partition coefficient (Wildman–Crippen LogP) is 0.915. The van der Waals surface area contributed by atoms with Crippen LogP contribution in [-0.4, -0.2) is 66.8 Å². The highest BCUT2D eigenvalue weighted by Gasteiger charge is 2.47. The van der Waals surface area contributed by atoms with Crippen LogP contribution in [0, 0.1) is 0 Å². The largest absolute Gasteiger partial charge is 0.462 e. The molecule has 0 bridgehead atoms. The lowest BCUT2D eigenvalue weighted by Gasteiger charge is -2.34. The van der Waals surface area contributed by atoms with Crippen LogP contribution in [0.25, 0.3) is 0 Å². The van der Waals surface area contributed by atoms with E-state index in [1.807, 2.05) is 0 Å². The molecule has 34 heavy (non-hydrogen) atoms. The summed E-state index contributed by atoms with van der Waals surface area (Å²) in [5, 5.41) is 2.50. The van der Waals surface area contributed by atoms with Crippen LogP contribution in [0.3, 0.4) is 0 Å². The molecule has 0 aliphatic carbocycles. The molecule has 0 spiro atoms. The number of hydrogen-bond acceptors (Lipinski definition) is 11. The molecule has 12 heteroatoms. The van der Waals surface area contributed by atoms with Crippen LogP contribution in [-0.2, 0) is 52.5 Å². The van der Waals surface area contributed by atoms with Gasteiger partial charge in [0, 0.05) is 40.3 Å². The predicted molar refractivity (Wildman–Crippen MR) is 114 cm³/mol. The summed E-state index contributed by atoms with van der Waals surface area (Å²) in [7, 11) is 0. The molecule has 12 nitrogen and oxygen atoms in total. The zero-order valence-electron chi connectivity index (χ0n) is 19.4. The maximum absolute atomic E-state index is 13.1. The second-order valence-corrected chi connectivity index (χ2v) is 6.98. The van der Waals surface area contributed by atoms with E-state index in [0.29, 0.717) is 5.69 Å². The number of anilines is 1. The van der Waals surface area contributed by atoms with Crippen LogP contribution in [0.5, 0.6) is 0 Å². The molecule has 0 unspecified atom stereocenters. The van der Waals surface area contributed by atoms with E-state index >= 15 is 0 Å². The zero-order valence-corrected chi connectivity index (χ0v) is 19.4. The number of hydrogen-bond donors (Lipinski definition) is 1. The Bertz CT molecular complexity index is 899. The van der Waals surface area contributed by atoms with E-state index in [1.54, 1.807) is 30.3 Å². The Morgan fingerprint density at radius 2 is 1.18 bits per heavy atom. The van der Waals surface area contributed by atoms with E-state index in [-0.39, 0.29) is 0 Å². The highest BCUT2D eigenvalue weighted by Crippen LogP contribution is 2.21. The third-order valence-corrected chi connectivity index (χ3v) is 3.95. The first-order valence-electron chi connectivity index (χ1n) is 10.1. The molecular formula is C22H27NO11. The van der Waals surface area contributed by atoms with Gasteiger partial charge in [-0.1, -0.05) is 18.2 Å². The Balaban J connectivity index is 3.50. The number of esters is 5. The fourth-order valence-corrected chi connectivity index (χ4v) is 2.83. The van der Waals surface area contributed by atoms with Crippen molar-refractivity contribution in [2.45, 2.75) is 59.0 Å². The van der Waals surface area contributed by atoms with Crippen LogP contribution >= 0.6 is 0 Å². The van der Waals surface area contributed by atoms with Gasteiger partial charge in [-0.3, -0.25) is 28.8 Å². The van der Waals surface area contributed by atoms with Crippen molar-refractivity contribution in [1.82, 2.24) is 0 Å². The number of carbonyl (C=O) groups is 6.